The van der Waals surface area contributed by atoms with Crippen LogP contribution in [0.15, 0.2) is 27.4 Å². The second-order valence-electron chi connectivity index (χ2n) is 3.87. The molecule has 0 unspecified atom stereocenters. The number of hydrogen-bond acceptors (Lipinski definition) is 3. The first-order chi connectivity index (χ1) is 8.19. The zero-order valence-electron chi connectivity index (χ0n) is 9.58. The Kier molecular flexibility index (Phi) is 3.27. The highest BCUT2D eigenvalue weighted by molar-refractivity contribution is 5.76. The van der Waals surface area contributed by atoms with Crippen LogP contribution < -0.4 is 11.1 Å². The van der Waals surface area contributed by atoms with E-state index in [4.69, 9.17) is 4.42 Å². The molecular formula is C12H14N2O3. The van der Waals surface area contributed by atoms with Gasteiger partial charge in [0, 0.05) is 13.0 Å². The SMILES string of the molecule is CCCC(=O)NCc1ccc2oc(=O)[nH]c2c1. The molecule has 2 N–H and O–H groups in total. The number of aromatic amines is 1. The van der Waals surface area contributed by atoms with Crippen molar-refractivity contribution < 1.29 is 9.21 Å². The van der Waals surface area contributed by atoms with E-state index in [1.54, 1.807) is 12.1 Å². The molecule has 0 saturated heterocycles. The first kappa shape index (κ1) is 11.4. The molecule has 0 bridgehead atoms. The van der Waals surface area contributed by atoms with E-state index in [2.05, 4.69) is 10.3 Å². The van der Waals surface area contributed by atoms with Crippen LogP contribution in [0.25, 0.3) is 11.1 Å². The van der Waals surface area contributed by atoms with Gasteiger partial charge in [0.2, 0.25) is 5.91 Å². The van der Waals surface area contributed by atoms with Crippen molar-refractivity contribution >= 4 is 17.0 Å². The molecule has 90 valence electrons. The van der Waals surface area contributed by atoms with Crippen molar-refractivity contribution in [3.8, 4) is 0 Å². The molecule has 1 aromatic heterocycles. The summed E-state index contributed by atoms with van der Waals surface area (Å²) in [7, 11) is 0. The Hall–Kier alpha value is -2.04. The summed E-state index contributed by atoms with van der Waals surface area (Å²) in [4.78, 5) is 24.8. The van der Waals surface area contributed by atoms with Gasteiger partial charge in [-0.1, -0.05) is 13.0 Å². The molecule has 5 nitrogen and oxygen atoms in total. The lowest BCUT2D eigenvalue weighted by Crippen LogP contribution is -2.21. The van der Waals surface area contributed by atoms with Gasteiger partial charge in [0.15, 0.2) is 5.58 Å². The molecule has 1 heterocycles. The monoisotopic (exact) mass is 234 g/mol. The van der Waals surface area contributed by atoms with Gasteiger partial charge in [0.1, 0.15) is 0 Å². The lowest BCUT2D eigenvalue weighted by molar-refractivity contribution is -0.121. The summed E-state index contributed by atoms with van der Waals surface area (Å²) in [5.41, 5.74) is 2.11. The van der Waals surface area contributed by atoms with E-state index in [0.29, 0.717) is 24.1 Å². The fourth-order valence-corrected chi connectivity index (χ4v) is 1.63. The van der Waals surface area contributed by atoms with E-state index in [1.807, 2.05) is 13.0 Å². The van der Waals surface area contributed by atoms with Gasteiger partial charge in [0.25, 0.3) is 0 Å². The first-order valence-electron chi connectivity index (χ1n) is 5.57. The van der Waals surface area contributed by atoms with Gasteiger partial charge in [0.05, 0.1) is 5.52 Å². The maximum absolute atomic E-state index is 11.3. The summed E-state index contributed by atoms with van der Waals surface area (Å²) >= 11 is 0. The van der Waals surface area contributed by atoms with Gasteiger partial charge in [-0.3, -0.25) is 9.78 Å². The third-order valence-corrected chi connectivity index (χ3v) is 2.45. The fraction of sp³-hybridized carbons (Fsp3) is 0.333. The van der Waals surface area contributed by atoms with Crippen LogP contribution in [0.4, 0.5) is 0 Å². The van der Waals surface area contributed by atoms with Crippen LogP contribution in [0.2, 0.25) is 0 Å². The van der Waals surface area contributed by atoms with Crippen LogP contribution in [-0.4, -0.2) is 10.9 Å². The van der Waals surface area contributed by atoms with E-state index in [1.165, 1.54) is 0 Å². The average Bonchev–Trinajstić information content (AvgIpc) is 2.66. The number of oxazole rings is 1. The van der Waals surface area contributed by atoms with E-state index < -0.39 is 5.76 Å². The Morgan fingerprint density at radius 1 is 1.47 bits per heavy atom. The third kappa shape index (κ3) is 2.75. The minimum absolute atomic E-state index is 0.0354. The summed E-state index contributed by atoms with van der Waals surface area (Å²) in [6.45, 7) is 2.42. The second-order valence-corrected chi connectivity index (χ2v) is 3.87. The minimum Gasteiger partial charge on any atom is -0.408 e. The number of amides is 1. The Balaban J connectivity index is 2.08. The number of carbonyl (C=O) groups excluding carboxylic acids is 1. The van der Waals surface area contributed by atoms with E-state index in [-0.39, 0.29) is 5.91 Å². The summed E-state index contributed by atoms with van der Waals surface area (Å²) in [6, 6.07) is 5.34. The number of aromatic nitrogens is 1. The van der Waals surface area contributed by atoms with E-state index in [9.17, 15) is 9.59 Å². The highest BCUT2D eigenvalue weighted by atomic mass is 16.4. The molecule has 17 heavy (non-hydrogen) atoms. The Morgan fingerprint density at radius 3 is 3.06 bits per heavy atom. The molecule has 0 aliphatic rings. The molecule has 0 saturated carbocycles. The summed E-state index contributed by atoms with van der Waals surface area (Å²) in [5, 5.41) is 2.81. The molecule has 1 amide bonds. The summed E-state index contributed by atoms with van der Waals surface area (Å²) in [6.07, 6.45) is 1.37. The van der Waals surface area contributed by atoms with Gasteiger partial charge >= 0.3 is 5.76 Å². The lowest BCUT2D eigenvalue weighted by atomic mass is 10.2. The van der Waals surface area contributed by atoms with Gasteiger partial charge in [-0.25, -0.2) is 4.79 Å². The number of rotatable bonds is 4. The summed E-state index contributed by atoms with van der Waals surface area (Å²) in [5.74, 6) is -0.430. The average molecular weight is 234 g/mol. The van der Waals surface area contributed by atoms with Crippen LogP contribution in [0.3, 0.4) is 0 Å². The van der Waals surface area contributed by atoms with Crippen LogP contribution >= 0.6 is 0 Å². The number of nitrogens with one attached hydrogen (secondary N) is 2. The topological polar surface area (TPSA) is 75.1 Å². The molecule has 5 heteroatoms. The van der Waals surface area contributed by atoms with Gasteiger partial charge in [-0.05, 0) is 24.1 Å². The smallest absolute Gasteiger partial charge is 0.408 e. The Labute approximate surface area is 97.8 Å². The van der Waals surface area contributed by atoms with Crippen molar-refractivity contribution in [1.82, 2.24) is 10.3 Å². The molecule has 1 aromatic carbocycles. The van der Waals surface area contributed by atoms with Crippen LogP contribution in [-0.2, 0) is 11.3 Å². The number of benzene rings is 1. The Morgan fingerprint density at radius 2 is 2.29 bits per heavy atom. The van der Waals surface area contributed by atoms with Crippen molar-refractivity contribution in [2.75, 3.05) is 0 Å². The molecule has 0 spiro atoms. The number of hydrogen-bond donors (Lipinski definition) is 2. The molecule has 2 aromatic rings. The van der Waals surface area contributed by atoms with Crippen LogP contribution in [0.5, 0.6) is 0 Å². The number of carbonyl (C=O) groups is 1. The lowest BCUT2D eigenvalue weighted by Gasteiger charge is -2.03. The molecule has 0 atom stereocenters. The quantitative estimate of drug-likeness (QED) is 0.842. The van der Waals surface area contributed by atoms with Crippen LogP contribution in [0, 0.1) is 0 Å². The van der Waals surface area contributed by atoms with E-state index >= 15 is 0 Å². The molecule has 0 radical (unpaired) electrons. The molecule has 2 rings (SSSR count). The standard InChI is InChI=1S/C12H14N2O3/c1-2-3-11(15)13-7-8-4-5-10-9(6-8)14-12(16)17-10/h4-6H,2-3,7H2,1H3,(H,13,15)(H,14,16). The number of H-pyrrole nitrogens is 1. The molecule has 0 aliphatic carbocycles. The Bertz CT molecular complexity index is 583. The third-order valence-electron chi connectivity index (χ3n) is 2.45. The highest BCUT2D eigenvalue weighted by Gasteiger charge is 2.03. The predicted molar refractivity (Wildman–Crippen MR) is 63.6 cm³/mol. The van der Waals surface area contributed by atoms with Gasteiger partial charge in [-0.2, -0.15) is 0 Å². The second kappa shape index (κ2) is 4.86. The van der Waals surface area contributed by atoms with Crippen molar-refractivity contribution in [2.45, 2.75) is 26.3 Å². The molecule has 0 aliphatic heterocycles. The molecule has 0 fully saturated rings. The summed E-state index contributed by atoms with van der Waals surface area (Å²) < 4.78 is 4.89. The van der Waals surface area contributed by atoms with Gasteiger partial charge < -0.3 is 9.73 Å². The van der Waals surface area contributed by atoms with E-state index in [0.717, 1.165) is 12.0 Å². The predicted octanol–water partition coefficient (Wildman–Crippen LogP) is 1.54. The normalized spacial score (nSPS) is 10.6. The maximum Gasteiger partial charge on any atom is 0.417 e. The highest BCUT2D eigenvalue weighted by Crippen LogP contribution is 2.11. The van der Waals surface area contributed by atoms with Crippen molar-refractivity contribution in [3.63, 3.8) is 0 Å². The van der Waals surface area contributed by atoms with Crippen molar-refractivity contribution in [2.24, 2.45) is 0 Å². The zero-order chi connectivity index (χ0) is 12.3. The fourth-order valence-electron chi connectivity index (χ4n) is 1.63. The van der Waals surface area contributed by atoms with Crippen molar-refractivity contribution in [3.05, 3.63) is 34.3 Å². The largest absolute Gasteiger partial charge is 0.417 e. The van der Waals surface area contributed by atoms with Gasteiger partial charge in [-0.15, -0.1) is 0 Å². The molecular weight excluding hydrogens is 220 g/mol. The van der Waals surface area contributed by atoms with Crippen molar-refractivity contribution in [1.29, 1.82) is 0 Å². The minimum atomic E-state index is -0.466. The number of fused-ring (bicyclic) bond motifs is 1. The first-order valence-corrected chi connectivity index (χ1v) is 5.57. The zero-order valence-corrected chi connectivity index (χ0v) is 9.58. The maximum atomic E-state index is 11.3. The van der Waals surface area contributed by atoms with Crippen LogP contribution in [0.1, 0.15) is 25.3 Å².